The van der Waals surface area contributed by atoms with E-state index in [0.29, 0.717) is 21.7 Å². The predicted octanol–water partition coefficient (Wildman–Crippen LogP) is 4.78. The Morgan fingerprint density at radius 2 is 2.00 bits per heavy atom. The van der Waals surface area contributed by atoms with Crippen LogP contribution in [0, 0.1) is 5.82 Å². The van der Waals surface area contributed by atoms with Crippen molar-refractivity contribution in [2.24, 2.45) is 5.10 Å². The van der Waals surface area contributed by atoms with Crippen LogP contribution in [0.1, 0.15) is 50.0 Å². The molecule has 4 aromatic rings. The van der Waals surface area contributed by atoms with Crippen molar-refractivity contribution in [2.45, 2.75) is 32.0 Å². The Morgan fingerprint density at radius 1 is 1.11 bits per heavy atom. The first-order valence-corrected chi connectivity index (χ1v) is 13.2. The van der Waals surface area contributed by atoms with E-state index in [1.807, 2.05) is 6.07 Å². The molecule has 1 unspecified atom stereocenters. The van der Waals surface area contributed by atoms with Gasteiger partial charge in [-0.1, -0.05) is 18.2 Å². The number of hydrazone groups is 1. The number of phenolic OH excluding ortho intramolecular Hbond substituents is 1. The van der Waals surface area contributed by atoms with E-state index in [2.05, 4.69) is 33.6 Å². The molecule has 0 fully saturated rings. The summed E-state index contributed by atoms with van der Waals surface area (Å²) in [7, 11) is 0. The zero-order valence-corrected chi connectivity index (χ0v) is 21.2. The minimum atomic E-state index is -0.835. The Kier molecular flexibility index (Phi) is 6.49. The fourth-order valence-corrected chi connectivity index (χ4v) is 5.97. The van der Waals surface area contributed by atoms with Gasteiger partial charge in [-0.2, -0.15) is 5.10 Å². The number of carbonyl (C=O) groups excluding carboxylic acids is 1. The smallest absolute Gasteiger partial charge is 0.284 e. The van der Waals surface area contributed by atoms with Crippen LogP contribution in [0.2, 0.25) is 0 Å². The van der Waals surface area contributed by atoms with Gasteiger partial charge in [0.1, 0.15) is 11.6 Å². The molecule has 0 aliphatic carbocycles. The summed E-state index contributed by atoms with van der Waals surface area (Å²) >= 11 is 1.36. The van der Waals surface area contributed by atoms with Crippen LogP contribution >= 0.6 is 11.3 Å². The number of thiophene rings is 1. The first-order chi connectivity index (χ1) is 18.5. The maximum Gasteiger partial charge on any atom is 0.284 e. The number of rotatable bonds is 5. The lowest BCUT2D eigenvalue weighted by atomic mass is 9.97. The number of hydrogen-bond donors (Lipinski definition) is 3. The number of halogens is 1. The monoisotopic (exact) mass is 528 g/mol. The van der Waals surface area contributed by atoms with E-state index in [4.69, 9.17) is 0 Å². The molecule has 1 amide bonds. The van der Waals surface area contributed by atoms with Crippen LogP contribution in [0.15, 0.2) is 72.1 Å². The number of aromatic hydroxyl groups is 1. The molecule has 3 N–H and O–H groups in total. The Bertz CT molecular complexity index is 1550. The zero-order valence-electron chi connectivity index (χ0n) is 20.4. The van der Waals surface area contributed by atoms with Gasteiger partial charge in [-0.25, -0.2) is 9.40 Å². The van der Waals surface area contributed by atoms with Gasteiger partial charge in [0.05, 0.1) is 28.8 Å². The number of phenols is 1. The average Bonchev–Trinajstić information content (AvgIpc) is 3.61. The number of aliphatic hydroxyl groups excluding tert-OH is 1. The third-order valence-corrected chi connectivity index (χ3v) is 8.11. The number of aromatic nitrogens is 1. The number of carbonyl (C=O) groups is 1. The number of nitrogens with one attached hydrogen (secondary N) is 1. The van der Waals surface area contributed by atoms with E-state index < -0.39 is 11.9 Å². The quantitative estimate of drug-likeness (QED) is 0.346. The molecule has 7 nitrogen and oxygen atoms in total. The minimum absolute atomic E-state index is 0.0194. The van der Waals surface area contributed by atoms with E-state index in [-0.39, 0.29) is 30.2 Å². The van der Waals surface area contributed by atoms with Crippen LogP contribution in [0.25, 0.3) is 10.4 Å². The van der Waals surface area contributed by atoms with Gasteiger partial charge < -0.3 is 15.5 Å². The molecule has 38 heavy (non-hydrogen) atoms. The molecule has 4 heterocycles. The summed E-state index contributed by atoms with van der Waals surface area (Å²) in [5, 5.41) is 29.3. The molecular formula is C29H25FN4O3S. The fraction of sp³-hybridized carbons (Fsp3) is 0.207. The van der Waals surface area contributed by atoms with Crippen molar-refractivity contribution >= 4 is 23.0 Å². The molecule has 0 bridgehead atoms. The second-order valence-electron chi connectivity index (χ2n) is 9.40. The lowest BCUT2D eigenvalue weighted by Gasteiger charge is -2.22. The fourth-order valence-electron chi connectivity index (χ4n) is 5.04. The van der Waals surface area contributed by atoms with Crippen LogP contribution in [0.3, 0.4) is 0 Å². The minimum Gasteiger partial charge on any atom is -0.507 e. The highest BCUT2D eigenvalue weighted by molar-refractivity contribution is 7.17. The third kappa shape index (κ3) is 4.49. The van der Waals surface area contributed by atoms with Gasteiger partial charge in [0.25, 0.3) is 5.91 Å². The van der Waals surface area contributed by atoms with Crippen molar-refractivity contribution < 1.29 is 19.4 Å². The standard InChI is InChI=1S/C29H25FN4O3S/c30-22-2-1-3-25(36)28(22)24-12-23(21-10-17(16-35)13-32-15-21)33-34(24)29(37)27-7-6-26(38-27)19-4-5-20-14-31-9-8-18(20)11-19/h1-7,10-11,13,15,24,31,35-36H,8-9,12,14,16H2. The molecule has 1 atom stereocenters. The average molecular weight is 529 g/mol. The van der Waals surface area contributed by atoms with Crippen molar-refractivity contribution in [2.75, 3.05) is 6.54 Å². The molecule has 6 rings (SSSR count). The number of aliphatic hydroxyl groups is 1. The highest BCUT2D eigenvalue weighted by Gasteiger charge is 2.37. The SMILES string of the molecule is O=C(c1ccc(-c2ccc3c(c2)CCNC3)s1)N1N=C(c2cncc(CO)c2)CC1c1c(O)cccc1F. The lowest BCUT2D eigenvalue weighted by molar-refractivity contribution is 0.0712. The van der Waals surface area contributed by atoms with Gasteiger partial charge in [-0.05, 0) is 71.6 Å². The van der Waals surface area contributed by atoms with Crippen molar-refractivity contribution in [3.63, 3.8) is 0 Å². The van der Waals surface area contributed by atoms with Gasteiger partial charge in [-0.15, -0.1) is 11.3 Å². The van der Waals surface area contributed by atoms with E-state index in [9.17, 15) is 19.4 Å². The van der Waals surface area contributed by atoms with Gasteiger partial charge in [-0.3, -0.25) is 9.78 Å². The summed E-state index contributed by atoms with van der Waals surface area (Å²) in [6.07, 6.45) is 4.30. The van der Waals surface area contributed by atoms with Crippen LogP contribution in [-0.2, 0) is 19.6 Å². The summed E-state index contributed by atoms with van der Waals surface area (Å²) in [6, 6.07) is 15.1. The summed E-state index contributed by atoms with van der Waals surface area (Å²) in [5.74, 6) is -1.22. The Hall–Kier alpha value is -3.92. The van der Waals surface area contributed by atoms with Gasteiger partial charge >= 0.3 is 0 Å². The Labute approximate surface area is 222 Å². The van der Waals surface area contributed by atoms with Crippen molar-refractivity contribution in [1.82, 2.24) is 15.3 Å². The summed E-state index contributed by atoms with van der Waals surface area (Å²) in [4.78, 5) is 19.4. The molecule has 2 aliphatic rings. The largest absolute Gasteiger partial charge is 0.507 e. The molecule has 192 valence electrons. The summed E-state index contributed by atoms with van der Waals surface area (Å²) in [6.45, 7) is 1.62. The second kappa shape index (κ2) is 10.1. The van der Waals surface area contributed by atoms with Crippen LogP contribution < -0.4 is 5.32 Å². The van der Waals surface area contributed by atoms with Crippen molar-refractivity contribution in [3.8, 4) is 16.2 Å². The molecule has 2 aromatic heterocycles. The third-order valence-electron chi connectivity index (χ3n) is 6.99. The highest BCUT2D eigenvalue weighted by Crippen LogP contribution is 2.40. The van der Waals surface area contributed by atoms with Crippen LogP contribution in [0.4, 0.5) is 4.39 Å². The van der Waals surface area contributed by atoms with Gasteiger partial charge in [0, 0.05) is 35.8 Å². The topological polar surface area (TPSA) is 98.1 Å². The van der Waals surface area contributed by atoms with E-state index in [0.717, 1.165) is 30.0 Å². The summed E-state index contributed by atoms with van der Waals surface area (Å²) in [5.41, 5.74) is 5.42. The molecule has 0 spiro atoms. The number of nitrogens with zero attached hydrogens (tertiary/aromatic N) is 3. The molecule has 2 aromatic carbocycles. The Morgan fingerprint density at radius 3 is 2.84 bits per heavy atom. The maximum absolute atomic E-state index is 15.0. The number of fused-ring (bicyclic) bond motifs is 1. The maximum atomic E-state index is 15.0. The first kappa shape index (κ1) is 24.4. The normalized spacial score (nSPS) is 16.8. The van der Waals surface area contributed by atoms with Crippen molar-refractivity contribution in [3.05, 3.63) is 106 Å². The zero-order chi connectivity index (χ0) is 26.2. The number of pyridine rings is 1. The number of benzene rings is 2. The van der Waals surface area contributed by atoms with Crippen LogP contribution in [-0.4, -0.2) is 38.4 Å². The molecule has 0 saturated heterocycles. The Balaban J connectivity index is 1.36. The van der Waals surface area contributed by atoms with Gasteiger partial charge in [0.15, 0.2) is 0 Å². The molecule has 0 saturated carbocycles. The van der Waals surface area contributed by atoms with E-state index >= 15 is 0 Å². The highest BCUT2D eigenvalue weighted by atomic mass is 32.1. The van der Waals surface area contributed by atoms with Crippen molar-refractivity contribution in [1.29, 1.82) is 0 Å². The second-order valence-corrected chi connectivity index (χ2v) is 10.5. The number of amides is 1. The van der Waals surface area contributed by atoms with E-state index in [1.54, 1.807) is 24.5 Å². The van der Waals surface area contributed by atoms with E-state index in [1.165, 1.54) is 45.7 Å². The number of hydrogen-bond acceptors (Lipinski definition) is 7. The van der Waals surface area contributed by atoms with Gasteiger partial charge in [0.2, 0.25) is 0 Å². The molecule has 9 heteroatoms. The lowest BCUT2D eigenvalue weighted by Crippen LogP contribution is -2.27. The summed E-state index contributed by atoms with van der Waals surface area (Å²) < 4.78 is 15.0. The molecule has 2 aliphatic heterocycles. The molecular weight excluding hydrogens is 503 g/mol. The first-order valence-electron chi connectivity index (χ1n) is 12.4. The predicted molar refractivity (Wildman–Crippen MR) is 143 cm³/mol. The molecule has 0 radical (unpaired) electrons. The van der Waals surface area contributed by atoms with Crippen LogP contribution in [0.5, 0.6) is 5.75 Å².